The average Bonchev–Trinajstić information content (AvgIpc) is 2.67. The first-order valence-electron chi connectivity index (χ1n) is 4.95. The molecule has 3 N–H and O–H groups in total. The maximum absolute atomic E-state index is 11.6. The number of amides is 1. The van der Waals surface area contributed by atoms with Crippen molar-refractivity contribution in [2.45, 2.75) is 25.9 Å². The fourth-order valence-corrected chi connectivity index (χ4v) is 1.13. The van der Waals surface area contributed by atoms with E-state index >= 15 is 0 Å². The van der Waals surface area contributed by atoms with Crippen LogP contribution >= 0.6 is 0 Å². The minimum atomic E-state index is -0.328. The molecule has 1 rings (SSSR count). The number of hydrogen-bond donors (Lipinski definition) is 2. The van der Waals surface area contributed by atoms with E-state index in [2.05, 4.69) is 15.6 Å². The number of nitrogens with zero attached hydrogens (tertiary/aromatic N) is 4. The predicted octanol–water partition coefficient (Wildman–Crippen LogP) is -0.731. The Hall–Kier alpha value is -1.94. The van der Waals surface area contributed by atoms with E-state index in [0.717, 1.165) is 0 Å². The normalized spacial score (nSPS) is 11.8. The van der Waals surface area contributed by atoms with Crippen molar-refractivity contribution >= 4 is 5.91 Å². The van der Waals surface area contributed by atoms with Crippen molar-refractivity contribution < 1.29 is 4.79 Å². The number of nitrogens with one attached hydrogen (secondary N) is 1. The van der Waals surface area contributed by atoms with E-state index in [9.17, 15) is 4.79 Å². The van der Waals surface area contributed by atoms with E-state index in [1.165, 1.54) is 10.9 Å². The van der Waals surface area contributed by atoms with Gasteiger partial charge in [-0.15, -0.1) is 5.10 Å². The fourth-order valence-electron chi connectivity index (χ4n) is 1.13. The van der Waals surface area contributed by atoms with Gasteiger partial charge >= 0.3 is 0 Å². The van der Waals surface area contributed by atoms with Crippen LogP contribution in [0.1, 0.15) is 23.8 Å². The molecule has 0 spiro atoms. The van der Waals surface area contributed by atoms with Gasteiger partial charge in [-0.25, -0.2) is 0 Å². The standard InChI is InChI=1S/C9H14N6O/c1-7(2-3-10)12-9(16)8-6-15(5-4-11)14-13-8/h6-7H,2,4-5,11H2,1H3,(H,12,16). The molecule has 0 aliphatic heterocycles. The minimum absolute atomic E-state index is 0.197. The number of rotatable bonds is 5. The Morgan fingerprint density at radius 1 is 1.81 bits per heavy atom. The van der Waals surface area contributed by atoms with Crippen LogP contribution in [-0.2, 0) is 6.54 Å². The Bertz CT molecular complexity index is 393. The molecule has 0 saturated carbocycles. The molecule has 0 radical (unpaired) electrons. The zero-order chi connectivity index (χ0) is 12.0. The van der Waals surface area contributed by atoms with Gasteiger partial charge < -0.3 is 11.1 Å². The molecule has 0 bridgehead atoms. The van der Waals surface area contributed by atoms with Crippen LogP contribution in [0, 0.1) is 11.3 Å². The van der Waals surface area contributed by atoms with Crippen LogP contribution in [0.3, 0.4) is 0 Å². The van der Waals surface area contributed by atoms with Crippen molar-refractivity contribution in [3.05, 3.63) is 11.9 Å². The van der Waals surface area contributed by atoms with Crippen LogP contribution in [0.5, 0.6) is 0 Å². The first-order valence-corrected chi connectivity index (χ1v) is 4.95. The largest absolute Gasteiger partial charge is 0.347 e. The molecule has 1 amide bonds. The highest BCUT2D eigenvalue weighted by Gasteiger charge is 2.12. The van der Waals surface area contributed by atoms with Crippen LogP contribution in [0.25, 0.3) is 0 Å². The first-order chi connectivity index (χ1) is 7.67. The lowest BCUT2D eigenvalue weighted by molar-refractivity contribution is 0.0935. The van der Waals surface area contributed by atoms with Gasteiger partial charge in [-0.2, -0.15) is 5.26 Å². The molecule has 86 valence electrons. The molecule has 0 fully saturated rings. The molecule has 1 aromatic heterocycles. The molecule has 1 atom stereocenters. The Kier molecular flexibility index (Phi) is 4.42. The molecule has 16 heavy (non-hydrogen) atoms. The number of hydrogen-bond acceptors (Lipinski definition) is 5. The average molecular weight is 222 g/mol. The molecule has 0 aliphatic carbocycles. The lowest BCUT2D eigenvalue weighted by Crippen LogP contribution is -2.32. The third kappa shape index (κ3) is 3.33. The zero-order valence-corrected chi connectivity index (χ0v) is 9.05. The van der Waals surface area contributed by atoms with Crippen molar-refractivity contribution in [2.24, 2.45) is 5.73 Å². The van der Waals surface area contributed by atoms with Crippen LogP contribution in [0.15, 0.2) is 6.20 Å². The van der Waals surface area contributed by atoms with Crippen LogP contribution in [-0.4, -0.2) is 33.5 Å². The third-order valence-corrected chi connectivity index (χ3v) is 1.90. The van der Waals surface area contributed by atoms with Gasteiger partial charge in [-0.1, -0.05) is 5.21 Å². The molecule has 7 heteroatoms. The summed E-state index contributed by atoms with van der Waals surface area (Å²) in [6.45, 7) is 2.72. The lowest BCUT2D eigenvalue weighted by atomic mass is 10.2. The van der Waals surface area contributed by atoms with E-state index in [1.807, 2.05) is 6.07 Å². The van der Waals surface area contributed by atoms with Gasteiger partial charge in [0, 0.05) is 12.6 Å². The van der Waals surface area contributed by atoms with E-state index in [0.29, 0.717) is 13.1 Å². The quantitative estimate of drug-likeness (QED) is 0.682. The molecule has 0 saturated heterocycles. The van der Waals surface area contributed by atoms with Crippen molar-refractivity contribution in [1.82, 2.24) is 20.3 Å². The minimum Gasteiger partial charge on any atom is -0.347 e. The number of carbonyl (C=O) groups is 1. The van der Waals surface area contributed by atoms with Crippen molar-refractivity contribution in [3.8, 4) is 6.07 Å². The van der Waals surface area contributed by atoms with Gasteiger partial charge in [0.05, 0.1) is 25.2 Å². The van der Waals surface area contributed by atoms with Gasteiger partial charge in [0.2, 0.25) is 0 Å². The van der Waals surface area contributed by atoms with Crippen LogP contribution in [0.4, 0.5) is 0 Å². The van der Waals surface area contributed by atoms with E-state index < -0.39 is 0 Å². The molecule has 1 heterocycles. The van der Waals surface area contributed by atoms with Gasteiger partial charge in [0.15, 0.2) is 5.69 Å². The predicted molar refractivity (Wildman–Crippen MR) is 56.2 cm³/mol. The van der Waals surface area contributed by atoms with Crippen molar-refractivity contribution in [1.29, 1.82) is 5.26 Å². The molecule has 0 aliphatic rings. The monoisotopic (exact) mass is 222 g/mol. The van der Waals surface area contributed by atoms with E-state index in [-0.39, 0.29) is 24.1 Å². The summed E-state index contributed by atoms with van der Waals surface area (Å²) >= 11 is 0. The molecule has 1 unspecified atom stereocenters. The van der Waals surface area contributed by atoms with Crippen LogP contribution < -0.4 is 11.1 Å². The zero-order valence-electron chi connectivity index (χ0n) is 9.05. The van der Waals surface area contributed by atoms with Crippen LogP contribution in [0.2, 0.25) is 0 Å². The van der Waals surface area contributed by atoms with Gasteiger partial charge in [-0.05, 0) is 6.92 Å². The highest BCUT2D eigenvalue weighted by atomic mass is 16.2. The summed E-state index contributed by atoms with van der Waals surface area (Å²) in [6, 6.07) is 1.78. The summed E-state index contributed by atoms with van der Waals surface area (Å²) < 4.78 is 1.50. The highest BCUT2D eigenvalue weighted by Crippen LogP contribution is 1.95. The summed E-state index contributed by atoms with van der Waals surface area (Å²) in [5, 5.41) is 18.5. The summed E-state index contributed by atoms with van der Waals surface area (Å²) in [5.41, 5.74) is 5.58. The number of carbonyl (C=O) groups excluding carboxylic acids is 1. The maximum atomic E-state index is 11.6. The van der Waals surface area contributed by atoms with Crippen molar-refractivity contribution in [3.63, 3.8) is 0 Å². The summed E-state index contributed by atoms with van der Waals surface area (Å²) in [4.78, 5) is 11.6. The number of aromatic nitrogens is 3. The second-order valence-corrected chi connectivity index (χ2v) is 3.39. The Labute approximate surface area is 93.2 Å². The topological polar surface area (TPSA) is 110 Å². The fraction of sp³-hybridized carbons (Fsp3) is 0.556. The van der Waals surface area contributed by atoms with E-state index in [4.69, 9.17) is 11.0 Å². The van der Waals surface area contributed by atoms with Crippen molar-refractivity contribution in [2.75, 3.05) is 6.54 Å². The number of nitriles is 1. The second kappa shape index (κ2) is 5.82. The molecule has 0 aromatic carbocycles. The molecular formula is C9H14N6O. The molecule has 7 nitrogen and oxygen atoms in total. The highest BCUT2D eigenvalue weighted by molar-refractivity contribution is 5.92. The first kappa shape index (κ1) is 12.1. The molecular weight excluding hydrogens is 208 g/mol. The van der Waals surface area contributed by atoms with Gasteiger partial charge in [0.25, 0.3) is 5.91 Å². The second-order valence-electron chi connectivity index (χ2n) is 3.39. The third-order valence-electron chi connectivity index (χ3n) is 1.90. The maximum Gasteiger partial charge on any atom is 0.273 e. The molecule has 1 aromatic rings. The summed E-state index contributed by atoms with van der Waals surface area (Å²) in [6.07, 6.45) is 1.80. The number of nitrogens with two attached hydrogens (primary N) is 1. The van der Waals surface area contributed by atoms with Gasteiger partial charge in [-0.3, -0.25) is 9.48 Å². The summed E-state index contributed by atoms with van der Waals surface area (Å²) in [7, 11) is 0. The van der Waals surface area contributed by atoms with Gasteiger partial charge in [0.1, 0.15) is 0 Å². The Balaban J connectivity index is 2.56. The van der Waals surface area contributed by atoms with E-state index in [1.54, 1.807) is 6.92 Å². The smallest absolute Gasteiger partial charge is 0.273 e. The Morgan fingerprint density at radius 3 is 3.19 bits per heavy atom. The lowest BCUT2D eigenvalue weighted by Gasteiger charge is -2.07. The summed E-state index contributed by atoms with van der Waals surface area (Å²) in [5.74, 6) is -0.328. The SMILES string of the molecule is CC(CC#N)NC(=O)c1cn(CCN)nn1. The Morgan fingerprint density at radius 2 is 2.56 bits per heavy atom.